The SMILES string of the molecule is CCO.O=C(O)CC(O)(CC(=O)O)C(=O)O.OCC(O)CO. The van der Waals surface area contributed by atoms with Gasteiger partial charge in [-0.15, -0.1) is 0 Å². The average Bonchev–Trinajstić information content (AvgIpc) is 2.37. The summed E-state index contributed by atoms with van der Waals surface area (Å²) in [5, 5.41) is 65.4. The minimum atomic E-state index is -2.74. The van der Waals surface area contributed by atoms with E-state index in [2.05, 4.69) is 0 Å². The number of carboxylic acid groups (broad SMARTS) is 3. The standard InChI is InChI=1S/C6H8O7.C3H8O3.C2H6O/c7-3(8)1-6(13,5(11)12)2-4(9)10;4-1-3(6)2-5;1-2-3/h13H,1-2H2,(H,7,8)(H,9,10)(H,11,12);3-6H,1-2H2;3H,2H2,1H3. The number of rotatable bonds is 7. The van der Waals surface area contributed by atoms with Crippen molar-refractivity contribution in [2.45, 2.75) is 31.5 Å². The first kappa shape index (κ1) is 25.2. The largest absolute Gasteiger partial charge is 0.481 e. The molecule has 22 heavy (non-hydrogen) atoms. The second-order valence-electron chi connectivity index (χ2n) is 3.81. The number of aliphatic carboxylic acids is 3. The molecule has 0 atom stereocenters. The van der Waals surface area contributed by atoms with Crippen LogP contribution in [0.5, 0.6) is 0 Å². The van der Waals surface area contributed by atoms with E-state index in [1.165, 1.54) is 0 Å². The van der Waals surface area contributed by atoms with Crippen molar-refractivity contribution in [1.82, 2.24) is 0 Å². The molecule has 0 aromatic heterocycles. The second-order valence-corrected chi connectivity index (χ2v) is 3.81. The summed E-state index contributed by atoms with van der Waals surface area (Å²) in [4.78, 5) is 30.5. The zero-order valence-corrected chi connectivity index (χ0v) is 11.9. The first-order valence-corrected chi connectivity index (χ1v) is 5.90. The minimum absolute atomic E-state index is 0.250. The summed E-state index contributed by atoms with van der Waals surface area (Å²) >= 11 is 0. The van der Waals surface area contributed by atoms with Gasteiger partial charge in [-0.2, -0.15) is 0 Å². The third-order valence-corrected chi connectivity index (χ3v) is 1.71. The van der Waals surface area contributed by atoms with Crippen molar-refractivity contribution in [3.05, 3.63) is 0 Å². The lowest BCUT2D eigenvalue weighted by Crippen LogP contribution is -2.42. The van der Waals surface area contributed by atoms with Crippen molar-refractivity contribution in [3.8, 4) is 0 Å². The molecule has 8 N–H and O–H groups in total. The van der Waals surface area contributed by atoms with Crippen LogP contribution in [0.2, 0.25) is 0 Å². The van der Waals surface area contributed by atoms with Crippen LogP contribution in [0.1, 0.15) is 19.8 Å². The molecule has 0 amide bonds. The summed E-state index contributed by atoms with van der Waals surface area (Å²) in [6, 6.07) is 0. The number of carboxylic acids is 3. The van der Waals surface area contributed by atoms with Gasteiger partial charge >= 0.3 is 17.9 Å². The van der Waals surface area contributed by atoms with E-state index in [4.69, 9.17) is 40.9 Å². The molecule has 11 heteroatoms. The van der Waals surface area contributed by atoms with Crippen LogP contribution in [0.4, 0.5) is 0 Å². The Morgan fingerprint density at radius 1 is 0.909 bits per heavy atom. The second kappa shape index (κ2) is 14.2. The summed E-state index contributed by atoms with van der Waals surface area (Å²) in [5.41, 5.74) is -2.74. The fourth-order valence-corrected chi connectivity index (χ4v) is 0.772. The molecule has 0 unspecified atom stereocenters. The fourth-order valence-electron chi connectivity index (χ4n) is 0.772. The highest BCUT2D eigenvalue weighted by Crippen LogP contribution is 2.15. The van der Waals surface area contributed by atoms with Gasteiger partial charge in [0, 0.05) is 6.61 Å². The van der Waals surface area contributed by atoms with E-state index in [1.807, 2.05) is 0 Å². The molecule has 0 aliphatic rings. The number of aliphatic hydroxyl groups is 5. The van der Waals surface area contributed by atoms with Gasteiger partial charge in [0.2, 0.25) is 0 Å². The third-order valence-electron chi connectivity index (χ3n) is 1.71. The van der Waals surface area contributed by atoms with Gasteiger partial charge in [-0.25, -0.2) is 4.79 Å². The van der Waals surface area contributed by atoms with Crippen LogP contribution < -0.4 is 0 Å². The molecule has 0 spiro atoms. The monoisotopic (exact) mass is 330 g/mol. The first-order chi connectivity index (χ1) is 10.00. The number of aliphatic hydroxyl groups excluding tert-OH is 4. The highest BCUT2D eigenvalue weighted by Gasteiger charge is 2.40. The summed E-state index contributed by atoms with van der Waals surface area (Å²) in [7, 11) is 0. The summed E-state index contributed by atoms with van der Waals surface area (Å²) in [5.74, 6) is -5.02. The van der Waals surface area contributed by atoms with Gasteiger partial charge < -0.3 is 40.9 Å². The normalized spacial score (nSPS) is 9.95. The van der Waals surface area contributed by atoms with E-state index in [0.29, 0.717) is 0 Å². The van der Waals surface area contributed by atoms with E-state index in [9.17, 15) is 14.4 Å². The smallest absolute Gasteiger partial charge is 0.336 e. The summed E-state index contributed by atoms with van der Waals surface area (Å²) < 4.78 is 0. The minimum Gasteiger partial charge on any atom is -0.481 e. The van der Waals surface area contributed by atoms with Crippen molar-refractivity contribution >= 4 is 17.9 Å². The predicted octanol–water partition coefficient (Wildman–Crippen LogP) is -2.92. The van der Waals surface area contributed by atoms with Gasteiger partial charge in [0.25, 0.3) is 0 Å². The van der Waals surface area contributed by atoms with Crippen LogP contribution in [0.3, 0.4) is 0 Å². The molecule has 0 aromatic rings. The van der Waals surface area contributed by atoms with E-state index < -0.39 is 42.5 Å². The van der Waals surface area contributed by atoms with Crippen molar-refractivity contribution in [2.24, 2.45) is 0 Å². The van der Waals surface area contributed by atoms with Gasteiger partial charge in [-0.05, 0) is 6.92 Å². The van der Waals surface area contributed by atoms with Crippen molar-refractivity contribution in [1.29, 1.82) is 0 Å². The van der Waals surface area contributed by atoms with Crippen LogP contribution in [0.15, 0.2) is 0 Å². The highest BCUT2D eigenvalue weighted by molar-refractivity contribution is 5.88. The lowest BCUT2D eigenvalue weighted by Gasteiger charge is -2.18. The molecule has 0 rings (SSSR count). The molecule has 0 heterocycles. The van der Waals surface area contributed by atoms with Gasteiger partial charge in [-0.1, -0.05) is 0 Å². The van der Waals surface area contributed by atoms with Crippen molar-refractivity contribution in [3.63, 3.8) is 0 Å². The van der Waals surface area contributed by atoms with Gasteiger partial charge in [0.15, 0.2) is 5.60 Å². The molecule has 0 aliphatic heterocycles. The number of hydrogen-bond acceptors (Lipinski definition) is 8. The van der Waals surface area contributed by atoms with E-state index in [-0.39, 0.29) is 19.8 Å². The highest BCUT2D eigenvalue weighted by atomic mass is 16.4. The zero-order valence-electron chi connectivity index (χ0n) is 11.9. The molecule has 0 fully saturated rings. The van der Waals surface area contributed by atoms with Crippen LogP contribution in [0.25, 0.3) is 0 Å². The third kappa shape index (κ3) is 16.3. The maximum atomic E-state index is 10.3. The van der Waals surface area contributed by atoms with Crippen LogP contribution in [0, 0.1) is 0 Å². The van der Waals surface area contributed by atoms with Crippen molar-refractivity contribution in [2.75, 3.05) is 19.8 Å². The fraction of sp³-hybridized carbons (Fsp3) is 0.727. The first-order valence-electron chi connectivity index (χ1n) is 5.90. The van der Waals surface area contributed by atoms with E-state index in [0.717, 1.165) is 0 Å². The molecule has 0 radical (unpaired) electrons. The Labute approximate surface area is 125 Å². The average molecular weight is 330 g/mol. The Hall–Kier alpha value is -1.79. The topological polar surface area (TPSA) is 213 Å². The maximum Gasteiger partial charge on any atom is 0.336 e. The Morgan fingerprint density at radius 2 is 1.18 bits per heavy atom. The Bertz CT molecular complexity index is 308. The van der Waals surface area contributed by atoms with Crippen LogP contribution >= 0.6 is 0 Å². The van der Waals surface area contributed by atoms with Crippen LogP contribution in [-0.2, 0) is 14.4 Å². The Kier molecular flexibility index (Phi) is 16.2. The summed E-state index contributed by atoms with van der Waals surface area (Å²) in [6.07, 6.45) is -3.24. The zero-order chi connectivity index (χ0) is 18.3. The molecule has 0 saturated carbocycles. The predicted molar refractivity (Wildman–Crippen MR) is 70.0 cm³/mol. The Balaban J connectivity index is -0.000000333. The number of carbonyl (C=O) groups is 3. The molecule has 132 valence electrons. The van der Waals surface area contributed by atoms with E-state index in [1.54, 1.807) is 6.92 Å². The van der Waals surface area contributed by atoms with Gasteiger partial charge in [-0.3, -0.25) is 9.59 Å². The quantitative estimate of drug-likeness (QED) is 0.237. The molecular weight excluding hydrogens is 308 g/mol. The summed E-state index contributed by atoms with van der Waals surface area (Å²) in [6.45, 7) is 1.20. The molecule has 0 bridgehead atoms. The van der Waals surface area contributed by atoms with Crippen molar-refractivity contribution < 1.29 is 55.2 Å². The lowest BCUT2D eigenvalue weighted by molar-refractivity contribution is -0.170. The molecule has 0 aliphatic carbocycles. The molecule has 0 saturated heterocycles. The maximum absolute atomic E-state index is 10.3. The Morgan fingerprint density at radius 3 is 1.27 bits per heavy atom. The molecule has 11 nitrogen and oxygen atoms in total. The molecule has 0 aromatic carbocycles. The van der Waals surface area contributed by atoms with Crippen LogP contribution in [-0.4, -0.2) is 90.3 Å². The van der Waals surface area contributed by atoms with Gasteiger partial charge in [0.1, 0.15) is 6.10 Å². The lowest BCUT2D eigenvalue weighted by atomic mass is 9.96. The number of hydrogen-bond donors (Lipinski definition) is 8. The molecular formula is C11H22O11. The van der Waals surface area contributed by atoms with Gasteiger partial charge in [0.05, 0.1) is 26.1 Å². The van der Waals surface area contributed by atoms with E-state index >= 15 is 0 Å².